The first-order valence-electron chi connectivity index (χ1n) is 9.11. The maximum absolute atomic E-state index is 3.84. The van der Waals surface area contributed by atoms with Crippen molar-refractivity contribution in [1.29, 1.82) is 0 Å². The zero-order chi connectivity index (χ0) is 14.6. The summed E-state index contributed by atoms with van der Waals surface area (Å²) in [6.45, 7) is 13.4. The molecule has 3 unspecified atom stereocenters. The van der Waals surface area contributed by atoms with Crippen molar-refractivity contribution in [3.8, 4) is 0 Å². The quantitative estimate of drug-likeness (QED) is 0.789. The van der Waals surface area contributed by atoms with E-state index in [4.69, 9.17) is 0 Å². The van der Waals surface area contributed by atoms with Gasteiger partial charge in [-0.3, -0.25) is 4.90 Å². The van der Waals surface area contributed by atoms with Crippen LogP contribution in [0.3, 0.4) is 0 Å². The predicted octanol–water partition coefficient (Wildman–Crippen LogP) is 4.06. The molecule has 1 saturated heterocycles. The third-order valence-electron chi connectivity index (χ3n) is 6.17. The molecule has 0 aromatic rings. The van der Waals surface area contributed by atoms with Crippen LogP contribution in [0.25, 0.3) is 0 Å². The Bertz CT molecular complexity index is 283. The highest BCUT2D eigenvalue weighted by Gasteiger charge is 2.41. The number of rotatable bonds is 6. The highest BCUT2D eigenvalue weighted by atomic mass is 15.2. The van der Waals surface area contributed by atoms with Crippen LogP contribution in [-0.2, 0) is 0 Å². The number of hydrogen-bond acceptors (Lipinski definition) is 2. The van der Waals surface area contributed by atoms with Crippen LogP contribution in [0.5, 0.6) is 0 Å². The number of nitrogens with one attached hydrogen (secondary N) is 1. The third kappa shape index (κ3) is 3.57. The van der Waals surface area contributed by atoms with Crippen LogP contribution in [0.15, 0.2) is 0 Å². The van der Waals surface area contributed by atoms with Crippen molar-refractivity contribution < 1.29 is 0 Å². The Hall–Kier alpha value is -0.0800. The highest BCUT2D eigenvalue weighted by Crippen LogP contribution is 2.40. The molecule has 2 rings (SSSR count). The van der Waals surface area contributed by atoms with E-state index >= 15 is 0 Å². The van der Waals surface area contributed by atoms with Crippen LogP contribution in [0.4, 0.5) is 0 Å². The molecule has 1 heterocycles. The Labute approximate surface area is 126 Å². The molecular formula is C18H36N2. The van der Waals surface area contributed by atoms with E-state index in [0.717, 1.165) is 18.0 Å². The molecule has 1 N–H and O–H groups in total. The van der Waals surface area contributed by atoms with Gasteiger partial charge < -0.3 is 5.32 Å². The van der Waals surface area contributed by atoms with Crippen LogP contribution in [-0.4, -0.2) is 36.6 Å². The summed E-state index contributed by atoms with van der Waals surface area (Å²) in [6.07, 6.45) is 9.60. The molecule has 1 aliphatic heterocycles. The first-order valence-corrected chi connectivity index (χ1v) is 9.11. The lowest BCUT2D eigenvalue weighted by Gasteiger charge is -2.42. The lowest BCUT2D eigenvalue weighted by molar-refractivity contribution is 0.108. The zero-order valence-corrected chi connectivity index (χ0v) is 14.3. The normalized spacial score (nSPS) is 34.5. The number of nitrogens with zero attached hydrogens (tertiary/aromatic N) is 1. The van der Waals surface area contributed by atoms with Gasteiger partial charge >= 0.3 is 0 Å². The summed E-state index contributed by atoms with van der Waals surface area (Å²) >= 11 is 0. The summed E-state index contributed by atoms with van der Waals surface area (Å²) in [5.41, 5.74) is 0.621. The van der Waals surface area contributed by atoms with E-state index in [9.17, 15) is 0 Å². The first-order chi connectivity index (χ1) is 9.64. The molecule has 0 spiro atoms. The second-order valence-corrected chi connectivity index (χ2v) is 7.47. The Morgan fingerprint density at radius 3 is 2.50 bits per heavy atom. The van der Waals surface area contributed by atoms with E-state index in [0.29, 0.717) is 5.41 Å². The van der Waals surface area contributed by atoms with Gasteiger partial charge in [-0.25, -0.2) is 0 Å². The fourth-order valence-corrected chi connectivity index (χ4v) is 4.40. The predicted molar refractivity (Wildman–Crippen MR) is 88.1 cm³/mol. The van der Waals surface area contributed by atoms with E-state index in [1.54, 1.807) is 0 Å². The molecule has 0 aromatic heterocycles. The Morgan fingerprint density at radius 2 is 1.90 bits per heavy atom. The maximum atomic E-state index is 3.84. The molecule has 2 heteroatoms. The molecular weight excluding hydrogens is 244 g/mol. The van der Waals surface area contributed by atoms with E-state index in [2.05, 4.69) is 37.9 Å². The number of likely N-dealkylation sites (tertiary alicyclic amines) is 1. The fraction of sp³-hybridized carbons (Fsp3) is 1.00. The van der Waals surface area contributed by atoms with Gasteiger partial charge in [0, 0.05) is 18.6 Å². The van der Waals surface area contributed by atoms with Gasteiger partial charge in [0.15, 0.2) is 0 Å². The van der Waals surface area contributed by atoms with Crippen molar-refractivity contribution in [3.63, 3.8) is 0 Å². The molecule has 2 fully saturated rings. The van der Waals surface area contributed by atoms with Gasteiger partial charge in [-0.15, -0.1) is 0 Å². The molecule has 0 amide bonds. The highest BCUT2D eigenvalue weighted by molar-refractivity contribution is 4.97. The second-order valence-electron chi connectivity index (χ2n) is 7.47. The van der Waals surface area contributed by atoms with Crippen molar-refractivity contribution >= 4 is 0 Å². The maximum Gasteiger partial charge on any atom is 0.0252 e. The molecule has 3 atom stereocenters. The Balaban J connectivity index is 2.00. The summed E-state index contributed by atoms with van der Waals surface area (Å²) in [7, 11) is 0. The van der Waals surface area contributed by atoms with E-state index in [1.165, 1.54) is 64.6 Å². The van der Waals surface area contributed by atoms with Crippen molar-refractivity contribution in [2.45, 2.75) is 84.7 Å². The van der Waals surface area contributed by atoms with Crippen LogP contribution >= 0.6 is 0 Å². The average molecular weight is 280 g/mol. The van der Waals surface area contributed by atoms with Crippen molar-refractivity contribution in [3.05, 3.63) is 0 Å². The number of hydrogen-bond donors (Lipinski definition) is 1. The molecule has 20 heavy (non-hydrogen) atoms. The van der Waals surface area contributed by atoms with Crippen molar-refractivity contribution in [1.82, 2.24) is 10.2 Å². The SMILES string of the molecule is CCCNC1CCC(C)CC1N1CCC(CC)(CC)C1. The lowest BCUT2D eigenvalue weighted by atomic mass is 9.80. The zero-order valence-electron chi connectivity index (χ0n) is 14.3. The monoisotopic (exact) mass is 280 g/mol. The summed E-state index contributed by atoms with van der Waals surface area (Å²) in [6, 6.07) is 1.54. The van der Waals surface area contributed by atoms with Gasteiger partial charge in [0.25, 0.3) is 0 Å². The van der Waals surface area contributed by atoms with E-state index in [1.807, 2.05) is 0 Å². The average Bonchev–Trinajstić information content (AvgIpc) is 2.91. The van der Waals surface area contributed by atoms with Crippen molar-refractivity contribution in [2.24, 2.45) is 11.3 Å². The second kappa shape index (κ2) is 7.26. The molecule has 2 nitrogen and oxygen atoms in total. The molecule has 0 bridgehead atoms. The van der Waals surface area contributed by atoms with Crippen LogP contribution in [0.2, 0.25) is 0 Å². The van der Waals surface area contributed by atoms with Gasteiger partial charge in [0.05, 0.1) is 0 Å². The fourth-order valence-electron chi connectivity index (χ4n) is 4.40. The largest absolute Gasteiger partial charge is 0.312 e. The minimum Gasteiger partial charge on any atom is -0.312 e. The summed E-state index contributed by atoms with van der Waals surface area (Å²) in [4.78, 5) is 2.84. The molecule has 1 aliphatic carbocycles. The molecule has 118 valence electrons. The van der Waals surface area contributed by atoms with Crippen molar-refractivity contribution in [2.75, 3.05) is 19.6 Å². The Kier molecular flexibility index (Phi) is 5.92. The first kappa shape index (κ1) is 16.3. The molecule has 1 saturated carbocycles. The van der Waals surface area contributed by atoms with Crippen LogP contribution in [0, 0.1) is 11.3 Å². The summed E-state index contributed by atoms with van der Waals surface area (Å²) < 4.78 is 0. The minimum atomic E-state index is 0.621. The smallest absolute Gasteiger partial charge is 0.0252 e. The molecule has 2 aliphatic rings. The van der Waals surface area contributed by atoms with Crippen LogP contribution in [0.1, 0.15) is 72.6 Å². The van der Waals surface area contributed by atoms with Gasteiger partial charge in [-0.05, 0) is 69.4 Å². The summed E-state index contributed by atoms with van der Waals surface area (Å²) in [5.74, 6) is 0.915. The van der Waals surface area contributed by atoms with Gasteiger partial charge in [0.1, 0.15) is 0 Å². The van der Waals surface area contributed by atoms with E-state index < -0.39 is 0 Å². The topological polar surface area (TPSA) is 15.3 Å². The third-order valence-corrected chi connectivity index (χ3v) is 6.17. The standard InChI is InChI=1S/C18H36N2/c1-5-11-19-16-9-8-15(4)13-17(16)20-12-10-18(6-2,7-3)14-20/h15-17,19H,5-14H2,1-4H3. The Morgan fingerprint density at radius 1 is 1.15 bits per heavy atom. The van der Waals surface area contributed by atoms with E-state index in [-0.39, 0.29) is 0 Å². The molecule has 0 radical (unpaired) electrons. The summed E-state index contributed by atoms with van der Waals surface area (Å²) in [5, 5.41) is 3.84. The van der Waals surface area contributed by atoms with Gasteiger partial charge in [0.2, 0.25) is 0 Å². The lowest BCUT2D eigenvalue weighted by Crippen LogP contribution is -2.53. The van der Waals surface area contributed by atoms with Gasteiger partial charge in [-0.2, -0.15) is 0 Å². The van der Waals surface area contributed by atoms with Gasteiger partial charge in [-0.1, -0.05) is 27.7 Å². The molecule has 0 aromatic carbocycles. The van der Waals surface area contributed by atoms with Crippen LogP contribution < -0.4 is 5.32 Å². The minimum absolute atomic E-state index is 0.621.